The summed E-state index contributed by atoms with van der Waals surface area (Å²) in [5.74, 6) is -0.343. The van der Waals surface area contributed by atoms with Gasteiger partial charge in [-0.1, -0.05) is 30.3 Å². The van der Waals surface area contributed by atoms with Crippen LogP contribution in [0.5, 0.6) is 0 Å². The van der Waals surface area contributed by atoms with Crippen molar-refractivity contribution in [1.82, 2.24) is 9.80 Å². The number of rotatable bonds is 1. The molecule has 1 aromatic rings. The van der Waals surface area contributed by atoms with Gasteiger partial charge in [-0.15, -0.1) is 0 Å². The zero-order valence-electron chi connectivity index (χ0n) is 11.7. The number of hydrogen-bond acceptors (Lipinski definition) is 3. The molecule has 2 amide bonds. The number of likely N-dealkylation sites (tertiary alicyclic amines) is 1. The molecule has 0 aromatic heterocycles. The Labute approximate surface area is 118 Å². The predicted octanol–water partition coefficient (Wildman–Crippen LogP) is 1.22. The summed E-state index contributed by atoms with van der Waals surface area (Å²) in [5, 5.41) is 0. The second-order valence-electron chi connectivity index (χ2n) is 6.25. The van der Waals surface area contributed by atoms with E-state index < -0.39 is 0 Å². The lowest BCUT2D eigenvalue weighted by Gasteiger charge is -2.37. The lowest BCUT2D eigenvalue weighted by atomic mass is 9.69. The van der Waals surface area contributed by atoms with E-state index in [1.807, 2.05) is 18.2 Å². The summed E-state index contributed by atoms with van der Waals surface area (Å²) in [6.45, 7) is 0. The van der Waals surface area contributed by atoms with Crippen LogP contribution in [-0.2, 0) is 15.1 Å². The Morgan fingerprint density at radius 3 is 2.50 bits per heavy atom. The van der Waals surface area contributed by atoms with Crippen molar-refractivity contribution in [3.8, 4) is 0 Å². The first-order chi connectivity index (χ1) is 9.59. The van der Waals surface area contributed by atoms with E-state index >= 15 is 0 Å². The smallest absolute Gasteiger partial charge is 0.235 e. The summed E-state index contributed by atoms with van der Waals surface area (Å²) in [4.78, 5) is 28.6. The molecule has 1 aromatic carbocycles. The molecule has 0 radical (unpaired) electrons. The molecule has 4 heteroatoms. The molecule has 2 bridgehead atoms. The molecule has 4 nitrogen and oxygen atoms in total. The number of hydrogen-bond donors (Lipinski definition) is 0. The van der Waals surface area contributed by atoms with Crippen LogP contribution in [0.3, 0.4) is 0 Å². The zero-order valence-corrected chi connectivity index (χ0v) is 11.7. The molecule has 4 atom stereocenters. The normalized spacial score (nSPS) is 39.7. The van der Waals surface area contributed by atoms with Crippen LogP contribution in [0.4, 0.5) is 0 Å². The number of carbonyl (C=O) groups is 2. The maximum Gasteiger partial charge on any atom is 0.235 e. The maximum absolute atomic E-state index is 12.6. The van der Waals surface area contributed by atoms with Gasteiger partial charge in [0, 0.05) is 13.1 Å². The van der Waals surface area contributed by atoms with E-state index in [0.29, 0.717) is 0 Å². The minimum atomic E-state index is -0.284. The molecule has 0 unspecified atom stereocenters. The van der Waals surface area contributed by atoms with E-state index in [0.717, 1.165) is 12.8 Å². The number of nitrogens with zero attached hydrogens (tertiary/aromatic N) is 2. The van der Waals surface area contributed by atoms with E-state index in [9.17, 15) is 9.59 Å². The van der Waals surface area contributed by atoms with Crippen LogP contribution in [-0.4, -0.2) is 41.8 Å². The Morgan fingerprint density at radius 2 is 1.80 bits per heavy atom. The van der Waals surface area contributed by atoms with Crippen LogP contribution in [0.2, 0.25) is 0 Å². The van der Waals surface area contributed by atoms with Gasteiger partial charge in [0.2, 0.25) is 11.8 Å². The Kier molecular flexibility index (Phi) is 2.24. The Bertz CT molecular complexity index is 600. The van der Waals surface area contributed by atoms with Gasteiger partial charge in [0.15, 0.2) is 0 Å². The fourth-order valence-electron chi connectivity index (χ4n) is 4.81. The molecule has 3 saturated heterocycles. The second-order valence-corrected chi connectivity index (χ2v) is 6.25. The van der Waals surface area contributed by atoms with E-state index in [1.165, 1.54) is 10.5 Å². The highest BCUT2D eigenvalue weighted by Crippen LogP contribution is 2.60. The van der Waals surface area contributed by atoms with Crippen LogP contribution in [0.1, 0.15) is 18.4 Å². The standard InChI is InChI=1S/C16H18N2O2/c1-17-14(19)12-11-8-9-16(18(11)2,13(12)15(17)20)10-6-4-3-5-7-10/h3-7,11-13H,8-9H2,1-2H3/t11-,12-,13+,16-/m0/s1. The van der Waals surface area contributed by atoms with Crippen LogP contribution < -0.4 is 0 Å². The molecule has 0 aliphatic carbocycles. The molecular weight excluding hydrogens is 252 g/mol. The number of carbonyl (C=O) groups excluding carboxylic acids is 2. The van der Waals surface area contributed by atoms with Crippen molar-refractivity contribution in [3.05, 3.63) is 35.9 Å². The summed E-state index contributed by atoms with van der Waals surface area (Å²) in [6.07, 6.45) is 1.96. The predicted molar refractivity (Wildman–Crippen MR) is 73.7 cm³/mol. The van der Waals surface area contributed by atoms with Gasteiger partial charge >= 0.3 is 0 Å². The molecular formula is C16H18N2O2. The van der Waals surface area contributed by atoms with Crippen molar-refractivity contribution in [1.29, 1.82) is 0 Å². The van der Waals surface area contributed by atoms with Crippen molar-refractivity contribution in [2.45, 2.75) is 24.4 Å². The topological polar surface area (TPSA) is 40.6 Å². The summed E-state index contributed by atoms with van der Waals surface area (Å²) < 4.78 is 0. The van der Waals surface area contributed by atoms with Crippen LogP contribution in [0.15, 0.2) is 30.3 Å². The first-order valence-electron chi connectivity index (χ1n) is 7.19. The van der Waals surface area contributed by atoms with E-state index in [4.69, 9.17) is 0 Å². The van der Waals surface area contributed by atoms with Crippen molar-refractivity contribution in [3.63, 3.8) is 0 Å². The van der Waals surface area contributed by atoms with Gasteiger partial charge in [0.1, 0.15) is 0 Å². The SMILES string of the molecule is CN1C(=O)[C@H]2[C@@H]3CC[C@](c4ccccc4)([C@H]2C1=O)N3C. The highest BCUT2D eigenvalue weighted by Gasteiger charge is 2.70. The molecule has 3 fully saturated rings. The summed E-state index contributed by atoms with van der Waals surface area (Å²) in [7, 11) is 3.70. The van der Waals surface area contributed by atoms with Gasteiger partial charge in [0.25, 0.3) is 0 Å². The summed E-state index contributed by atoms with van der Waals surface area (Å²) in [5.41, 5.74) is 0.891. The van der Waals surface area contributed by atoms with Gasteiger partial charge in [-0.25, -0.2) is 0 Å². The number of fused-ring (bicyclic) bond motifs is 5. The average molecular weight is 270 g/mol. The van der Waals surface area contributed by atoms with Crippen LogP contribution in [0, 0.1) is 11.8 Å². The van der Waals surface area contributed by atoms with Crippen LogP contribution >= 0.6 is 0 Å². The van der Waals surface area contributed by atoms with Gasteiger partial charge in [0.05, 0.1) is 17.4 Å². The molecule has 0 spiro atoms. The monoisotopic (exact) mass is 270 g/mol. The highest BCUT2D eigenvalue weighted by atomic mass is 16.2. The quantitative estimate of drug-likeness (QED) is 0.720. The Hall–Kier alpha value is -1.68. The van der Waals surface area contributed by atoms with E-state index in [2.05, 4.69) is 24.1 Å². The minimum absolute atomic E-state index is 0.00194. The molecule has 0 saturated carbocycles. The third kappa shape index (κ3) is 1.13. The molecule has 3 heterocycles. The average Bonchev–Trinajstić information content (AvgIpc) is 3.03. The lowest BCUT2D eigenvalue weighted by Crippen LogP contribution is -2.45. The van der Waals surface area contributed by atoms with Gasteiger partial charge in [-0.05, 0) is 25.5 Å². The molecule has 104 valence electrons. The van der Waals surface area contributed by atoms with Crippen molar-refractivity contribution >= 4 is 11.8 Å². The van der Waals surface area contributed by atoms with Gasteiger partial charge in [-0.3, -0.25) is 19.4 Å². The summed E-state index contributed by atoms with van der Waals surface area (Å²) >= 11 is 0. The lowest BCUT2D eigenvalue weighted by molar-refractivity contribution is -0.140. The highest BCUT2D eigenvalue weighted by molar-refractivity contribution is 6.06. The number of imide groups is 1. The first kappa shape index (κ1) is 12.1. The molecule has 3 aliphatic rings. The molecule has 4 rings (SSSR count). The largest absolute Gasteiger partial charge is 0.292 e. The number of benzene rings is 1. The van der Waals surface area contributed by atoms with E-state index in [-0.39, 0.29) is 35.2 Å². The Morgan fingerprint density at radius 1 is 1.10 bits per heavy atom. The fourth-order valence-corrected chi connectivity index (χ4v) is 4.81. The number of amides is 2. The van der Waals surface area contributed by atoms with Gasteiger partial charge < -0.3 is 0 Å². The maximum atomic E-state index is 12.6. The minimum Gasteiger partial charge on any atom is -0.292 e. The third-order valence-corrected chi connectivity index (χ3v) is 5.72. The summed E-state index contributed by atoms with van der Waals surface area (Å²) in [6, 6.07) is 10.4. The Balaban J connectivity index is 1.91. The zero-order chi connectivity index (χ0) is 14.1. The van der Waals surface area contributed by atoms with Crippen LogP contribution in [0.25, 0.3) is 0 Å². The molecule has 20 heavy (non-hydrogen) atoms. The van der Waals surface area contributed by atoms with Gasteiger partial charge in [-0.2, -0.15) is 0 Å². The first-order valence-corrected chi connectivity index (χ1v) is 7.19. The molecule has 0 N–H and O–H groups in total. The third-order valence-electron chi connectivity index (χ3n) is 5.72. The van der Waals surface area contributed by atoms with E-state index in [1.54, 1.807) is 7.05 Å². The molecule has 3 aliphatic heterocycles. The fraction of sp³-hybridized carbons (Fsp3) is 0.500. The van der Waals surface area contributed by atoms with Crippen molar-refractivity contribution in [2.24, 2.45) is 11.8 Å². The second kappa shape index (κ2) is 3.70. The van der Waals surface area contributed by atoms with Crippen molar-refractivity contribution < 1.29 is 9.59 Å². The van der Waals surface area contributed by atoms with Crippen molar-refractivity contribution in [2.75, 3.05) is 14.1 Å².